The number of nitrogens with one attached hydrogen (secondary N) is 1. The number of nitrogens with two attached hydrogens (primary N) is 2. The Hall–Kier alpha value is -1.92. The average Bonchev–Trinajstić information content (AvgIpc) is 2.29. The molecule has 4 nitrogen and oxygen atoms in total. The van der Waals surface area contributed by atoms with Crippen LogP contribution in [0.3, 0.4) is 0 Å². The molecule has 0 fully saturated rings. The first-order valence-corrected chi connectivity index (χ1v) is 5.79. The Morgan fingerprint density at radius 2 is 1.95 bits per heavy atom. The van der Waals surface area contributed by atoms with Gasteiger partial charge in [0.15, 0.2) is 0 Å². The molecule has 0 spiro atoms. The quantitative estimate of drug-likeness (QED) is 0.551. The van der Waals surface area contributed by atoms with E-state index in [-0.39, 0.29) is 6.42 Å². The highest BCUT2D eigenvalue weighted by molar-refractivity contribution is 5.94. The standard InChI is InChI=1S/C12H16F3N3O/c13-12(14,15)5-1-2-6-18-10-7-8(11(17)19)3-4-9(10)16/h3-4,7,18H,1-2,5-6,16H2,(H2,17,19). The number of alkyl halides is 3. The van der Waals surface area contributed by atoms with Gasteiger partial charge in [0.1, 0.15) is 0 Å². The summed E-state index contributed by atoms with van der Waals surface area (Å²) in [5, 5.41) is 2.89. The highest BCUT2D eigenvalue weighted by atomic mass is 19.4. The van der Waals surface area contributed by atoms with Gasteiger partial charge in [-0.2, -0.15) is 13.2 Å². The number of amides is 1. The lowest BCUT2D eigenvalue weighted by atomic mass is 10.1. The summed E-state index contributed by atoms with van der Waals surface area (Å²) >= 11 is 0. The number of unbranched alkanes of at least 4 members (excludes halogenated alkanes) is 1. The summed E-state index contributed by atoms with van der Waals surface area (Å²) in [4.78, 5) is 11.0. The molecule has 1 aromatic rings. The van der Waals surface area contributed by atoms with E-state index in [2.05, 4.69) is 5.32 Å². The number of halogens is 3. The average molecular weight is 275 g/mol. The summed E-state index contributed by atoms with van der Waals surface area (Å²) in [5.41, 5.74) is 12.0. The van der Waals surface area contributed by atoms with Gasteiger partial charge >= 0.3 is 6.18 Å². The van der Waals surface area contributed by atoms with E-state index in [1.54, 1.807) is 0 Å². The Morgan fingerprint density at radius 3 is 2.53 bits per heavy atom. The topological polar surface area (TPSA) is 81.1 Å². The molecule has 0 unspecified atom stereocenters. The number of anilines is 2. The van der Waals surface area contributed by atoms with Crippen molar-refractivity contribution in [3.8, 4) is 0 Å². The first-order valence-electron chi connectivity index (χ1n) is 5.79. The van der Waals surface area contributed by atoms with Gasteiger partial charge in [-0.15, -0.1) is 0 Å². The van der Waals surface area contributed by atoms with Crippen LogP contribution < -0.4 is 16.8 Å². The first-order chi connectivity index (χ1) is 8.79. The fourth-order valence-electron chi connectivity index (χ4n) is 1.54. The van der Waals surface area contributed by atoms with E-state index in [0.29, 0.717) is 29.9 Å². The largest absolute Gasteiger partial charge is 0.397 e. The first kappa shape index (κ1) is 15.1. The molecule has 7 heteroatoms. The molecule has 0 saturated carbocycles. The molecule has 0 bridgehead atoms. The van der Waals surface area contributed by atoms with E-state index in [9.17, 15) is 18.0 Å². The van der Waals surface area contributed by atoms with Crippen LogP contribution in [-0.4, -0.2) is 18.6 Å². The van der Waals surface area contributed by atoms with Gasteiger partial charge in [0.2, 0.25) is 5.91 Å². The minimum atomic E-state index is -4.12. The molecule has 19 heavy (non-hydrogen) atoms. The Kier molecular flexibility index (Phi) is 5.02. The number of nitrogen functional groups attached to an aromatic ring is 1. The zero-order valence-electron chi connectivity index (χ0n) is 10.3. The molecule has 1 rings (SSSR count). The molecule has 0 aliphatic heterocycles. The summed E-state index contributed by atoms with van der Waals surface area (Å²) in [6.45, 7) is 0.350. The van der Waals surface area contributed by atoms with Crippen molar-refractivity contribution in [1.82, 2.24) is 0 Å². The number of hydrogen-bond acceptors (Lipinski definition) is 3. The van der Waals surface area contributed by atoms with Crippen molar-refractivity contribution < 1.29 is 18.0 Å². The van der Waals surface area contributed by atoms with Gasteiger partial charge in [-0.1, -0.05) is 0 Å². The molecule has 0 heterocycles. The molecule has 106 valence electrons. The fraction of sp³-hybridized carbons (Fsp3) is 0.417. The smallest absolute Gasteiger partial charge is 0.389 e. The summed E-state index contributed by atoms with van der Waals surface area (Å²) in [6.07, 6.45) is -4.51. The van der Waals surface area contributed by atoms with E-state index in [1.807, 2.05) is 0 Å². The third kappa shape index (κ3) is 5.50. The lowest BCUT2D eigenvalue weighted by Gasteiger charge is -2.11. The number of carbonyl (C=O) groups excluding carboxylic acids is 1. The van der Waals surface area contributed by atoms with Crippen LogP contribution in [0.5, 0.6) is 0 Å². The van der Waals surface area contributed by atoms with Crippen LogP contribution >= 0.6 is 0 Å². The van der Waals surface area contributed by atoms with Gasteiger partial charge in [-0.05, 0) is 31.0 Å². The van der Waals surface area contributed by atoms with Crippen LogP contribution in [0.4, 0.5) is 24.5 Å². The van der Waals surface area contributed by atoms with Gasteiger partial charge in [0, 0.05) is 18.5 Å². The Labute approximate surface area is 109 Å². The van der Waals surface area contributed by atoms with Gasteiger partial charge in [-0.3, -0.25) is 4.79 Å². The van der Waals surface area contributed by atoms with Gasteiger partial charge in [0.25, 0.3) is 0 Å². The van der Waals surface area contributed by atoms with E-state index in [1.165, 1.54) is 18.2 Å². The number of rotatable bonds is 6. The number of primary amides is 1. The molecular formula is C12H16F3N3O. The van der Waals surface area contributed by atoms with Crippen LogP contribution in [0.2, 0.25) is 0 Å². The number of benzene rings is 1. The number of carbonyl (C=O) groups is 1. The van der Waals surface area contributed by atoms with Crippen LogP contribution in [0.25, 0.3) is 0 Å². The maximum absolute atomic E-state index is 11.9. The van der Waals surface area contributed by atoms with E-state index in [0.717, 1.165) is 0 Å². The summed E-state index contributed by atoms with van der Waals surface area (Å²) in [7, 11) is 0. The van der Waals surface area contributed by atoms with E-state index < -0.39 is 18.5 Å². The monoisotopic (exact) mass is 275 g/mol. The molecule has 0 saturated heterocycles. The third-order valence-electron chi connectivity index (χ3n) is 2.54. The van der Waals surface area contributed by atoms with Crippen LogP contribution in [0.1, 0.15) is 29.6 Å². The molecule has 0 atom stereocenters. The lowest BCUT2D eigenvalue weighted by molar-refractivity contribution is -0.135. The zero-order chi connectivity index (χ0) is 14.5. The molecule has 1 amide bonds. The molecule has 1 aromatic carbocycles. The van der Waals surface area contributed by atoms with Crippen molar-refractivity contribution in [3.05, 3.63) is 23.8 Å². The van der Waals surface area contributed by atoms with Gasteiger partial charge in [-0.25, -0.2) is 0 Å². The Morgan fingerprint density at radius 1 is 1.26 bits per heavy atom. The van der Waals surface area contributed by atoms with Crippen LogP contribution in [0.15, 0.2) is 18.2 Å². The summed E-state index contributed by atoms with van der Waals surface area (Å²) < 4.78 is 35.8. The predicted octanol–water partition coefficient (Wildman–Crippen LogP) is 2.51. The second-order valence-corrected chi connectivity index (χ2v) is 4.17. The van der Waals surface area contributed by atoms with Crippen molar-refractivity contribution in [1.29, 1.82) is 0 Å². The molecule has 0 aromatic heterocycles. The fourth-order valence-corrected chi connectivity index (χ4v) is 1.54. The molecular weight excluding hydrogens is 259 g/mol. The van der Waals surface area contributed by atoms with Crippen molar-refractivity contribution in [2.45, 2.75) is 25.4 Å². The molecule has 0 aliphatic carbocycles. The van der Waals surface area contributed by atoms with E-state index in [4.69, 9.17) is 11.5 Å². The second-order valence-electron chi connectivity index (χ2n) is 4.17. The normalized spacial score (nSPS) is 11.3. The number of hydrogen-bond donors (Lipinski definition) is 3. The SMILES string of the molecule is NC(=O)c1ccc(N)c(NCCCCC(F)(F)F)c1. The van der Waals surface area contributed by atoms with Gasteiger partial charge in [0.05, 0.1) is 11.4 Å². The summed E-state index contributed by atoms with van der Waals surface area (Å²) in [5.74, 6) is -0.583. The molecule has 5 N–H and O–H groups in total. The Bertz CT molecular complexity index is 446. The second kappa shape index (κ2) is 6.31. The minimum absolute atomic E-state index is 0.0475. The minimum Gasteiger partial charge on any atom is -0.397 e. The van der Waals surface area contributed by atoms with E-state index >= 15 is 0 Å². The van der Waals surface area contributed by atoms with Crippen molar-refractivity contribution in [2.24, 2.45) is 5.73 Å². The highest BCUT2D eigenvalue weighted by Crippen LogP contribution is 2.23. The van der Waals surface area contributed by atoms with Crippen molar-refractivity contribution in [2.75, 3.05) is 17.6 Å². The van der Waals surface area contributed by atoms with Crippen molar-refractivity contribution >= 4 is 17.3 Å². The molecule has 0 aliphatic rings. The van der Waals surface area contributed by atoms with Gasteiger partial charge < -0.3 is 16.8 Å². The summed E-state index contributed by atoms with van der Waals surface area (Å²) in [6, 6.07) is 4.51. The zero-order valence-corrected chi connectivity index (χ0v) is 10.3. The van der Waals surface area contributed by atoms with Crippen LogP contribution in [-0.2, 0) is 0 Å². The third-order valence-corrected chi connectivity index (χ3v) is 2.54. The van der Waals surface area contributed by atoms with Crippen LogP contribution in [0, 0.1) is 0 Å². The predicted molar refractivity (Wildman–Crippen MR) is 67.8 cm³/mol. The Balaban J connectivity index is 2.45. The lowest BCUT2D eigenvalue weighted by Crippen LogP contribution is -2.13. The van der Waals surface area contributed by atoms with Crippen molar-refractivity contribution in [3.63, 3.8) is 0 Å². The highest BCUT2D eigenvalue weighted by Gasteiger charge is 2.25. The maximum Gasteiger partial charge on any atom is 0.389 e. The molecule has 0 radical (unpaired) electrons. The maximum atomic E-state index is 11.9.